The first-order valence-electron chi connectivity index (χ1n) is 5.55. The van der Waals surface area contributed by atoms with Gasteiger partial charge in [0, 0.05) is 5.02 Å². The van der Waals surface area contributed by atoms with Crippen LogP contribution in [0.3, 0.4) is 0 Å². The van der Waals surface area contributed by atoms with Crippen molar-refractivity contribution in [1.82, 2.24) is 5.32 Å². The number of benzene rings is 1. The first kappa shape index (κ1) is 15.1. The Balaban J connectivity index is 0.00000106. The largest absolute Gasteiger partial charge is 0.311 e. The van der Waals surface area contributed by atoms with Crippen LogP contribution < -0.4 is 5.32 Å². The molecule has 1 rings (SSSR count). The van der Waals surface area contributed by atoms with Crippen LogP contribution in [0.5, 0.6) is 0 Å². The zero-order chi connectivity index (χ0) is 12.6. The molecule has 1 aromatic rings. The topological polar surface area (TPSA) is 29.1 Å². The Labute approximate surface area is 103 Å². The quantitative estimate of drug-likeness (QED) is 0.822. The van der Waals surface area contributed by atoms with Crippen molar-refractivity contribution < 1.29 is 4.79 Å². The van der Waals surface area contributed by atoms with Gasteiger partial charge in [-0.15, -0.1) is 0 Å². The molecule has 0 aliphatic rings. The molecule has 0 saturated carbocycles. The van der Waals surface area contributed by atoms with Crippen LogP contribution in [0, 0.1) is 6.92 Å². The van der Waals surface area contributed by atoms with E-state index < -0.39 is 0 Å². The van der Waals surface area contributed by atoms with E-state index in [1.165, 1.54) is 0 Å². The molecule has 0 bridgehead atoms. The number of rotatable bonds is 4. The van der Waals surface area contributed by atoms with Crippen LogP contribution in [-0.4, -0.2) is 19.4 Å². The molecule has 16 heavy (non-hydrogen) atoms. The number of likely N-dealkylation sites (N-methyl/N-ethyl adjacent to an activating group) is 1. The highest BCUT2D eigenvalue weighted by atomic mass is 35.5. The fraction of sp³-hybridized carbons (Fsp3) is 0.462. The van der Waals surface area contributed by atoms with Crippen LogP contribution in [0.25, 0.3) is 0 Å². The molecule has 0 radical (unpaired) electrons. The fourth-order valence-electron chi connectivity index (χ4n) is 1.31. The van der Waals surface area contributed by atoms with Crippen LogP contribution in [-0.2, 0) is 11.2 Å². The van der Waals surface area contributed by atoms with E-state index in [-0.39, 0.29) is 6.04 Å². The molecule has 1 atom stereocenters. The van der Waals surface area contributed by atoms with Gasteiger partial charge >= 0.3 is 0 Å². The lowest BCUT2D eigenvalue weighted by molar-refractivity contribution is -0.109. The number of hydrogen-bond donors (Lipinski definition) is 1. The number of halogens is 1. The van der Waals surface area contributed by atoms with E-state index in [0.717, 1.165) is 22.4 Å². The van der Waals surface area contributed by atoms with E-state index >= 15 is 0 Å². The molecule has 0 amide bonds. The molecule has 1 unspecified atom stereocenters. The Morgan fingerprint density at radius 2 is 2.06 bits per heavy atom. The van der Waals surface area contributed by atoms with Crippen LogP contribution >= 0.6 is 11.6 Å². The maximum absolute atomic E-state index is 10.6. The molecule has 3 heteroatoms. The molecule has 0 fully saturated rings. The van der Waals surface area contributed by atoms with Gasteiger partial charge in [-0.05, 0) is 37.6 Å². The second-order valence-corrected chi connectivity index (χ2v) is 3.73. The Hall–Kier alpha value is -0.860. The Morgan fingerprint density at radius 1 is 1.44 bits per heavy atom. The summed E-state index contributed by atoms with van der Waals surface area (Å²) in [5.41, 5.74) is 2.17. The van der Waals surface area contributed by atoms with Gasteiger partial charge in [-0.2, -0.15) is 0 Å². The summed E-state index contributed by atoms with van der Waals surface area (Å²) >= 11 is 5.90. The summed E-state index contributed by atoms with van der Waals surface area (Å²) in [6.45, 7) is 5.96. The van der Waals surface area contributed by atoms with Gasteiger partial charge in [0.1, 0.15) is 6.29 Å². The van der Waals surface area contributed by atoms with E-state index in [1.807, 2.05) is 39.0 Å². The second kappa shape index (κ2) is 8.31. The van der Waals surface area contributed by atoms with Crippen molar-refractivity contribution >= 4 is 17.9 Å². The first-order chi connectivity index (χ1) is 7.67. The highest BCUT2D eigenvalue weighted by Gasteiger charge is 2.05. The van der Waals surface area contributed by atoms with Crippen LogP contribution in [0.1, 0.15) is 25.0 Å². The molecule has 0 spiro atoms. The lowest BCUT2D eigenvalue weighted by Crippen LogP contribution is -2.28. The molecular formula is C13H20ClNO. The number of carbonyl (C=O) groups excluding carboxylic acids is 1. The van der Waals surface area contributed by atoms with E-state index in [0.29, 0.717) is 6.42 Å². The Morgan fingerprint density at radius 3 is 2.50 bits per heavy atom. The maximum Gasteiger partial charge on any atom is 0.137 e. The van der Waals surface area contributed by atoms with Gasteiger partial charge in [0.25, 0.3) is 0 Å². The first-order valence-corrected chi connectivity index (χ1v) is 5.92. The molecule has 0 aliphatic carbocycles. The molecule has 90 valence electrons. The van der Waals surface area contributed by atoms with Crippen molar-refractivity contribution in [3.05, 3.63) is 34.3 Å². The average molecular weight is 242 g/mol. The predicted molar refractivity (Wildman–Crippen MR) is 70.2 cm³/mol. The minimum Gasteiger partial charge on any atom is -0.311 e. The Bertz CT molecular complexity index is 326. The second-order valence-electron chi connectivity index (χ2n) is 3.32. The van der Waals surface area contributed by atoms with Gasteiger partial charge in [0.15, 0.2) is 0 Å². The third-order valence-corrected chi connectivity index (χ3v) is 2.64. The maximum atomic E-state index is 10.6. The smallest absolute Gasteiger partial charge is 0.137 e. The Kier molecular flexibility index (Phi) is 7.86. The number of carbonyl (C=O) groups is 1. The normalized spacial score (nSPS) is 11.3. The van der Waals surface area contributed by atoms with E-state index in [2.05, 4.69) is 5.32 Å². The van der Waals surface area contributed by atoms with Crippen molar-refractivity contribution in [2.45, 2.75) is 33.2 Å². The lowest BCUT2D eigenvalue weighted by atomic mass is 10.0. The van der Waals surface area contributed by atoms with Crippen molar-refractivity contribution in [2.24, 2.45) is 0 Å². The molecule has 0 saturated heterocycles. The molecule has 1 aromatic carbocycles. The summed E-state index contributed by atoms with van der Waals surface area (Å²) in [6, 6.07) is 5.71. The highest BCUT2D eigenvalue weighted by molar-refractivity contribution is 6.31. The third kappa shape index (κ3) is 4.77. The third-order valence-electron chi connectivity index (χ3n) is 2.21. The van der Waals surface area contributed by atoms with Crippen molar-refractivity contribution in [3.8, 4) is 0 Å². The van der Waals surface area contributed by atoms with Gasteiger partial charge in [0.05, 0.1) is 6.04 Å². The van der Waals surface area contributed by atoms with Gasteiger partial charge in [-0.3, -0.25) is 0 Å². The van der Waals surface area contributed by atoms with Gasteiger partial charge in [-0.25, -0.2) is 0 Å². The number of hydrogen-bond acceptors (Lipinski definition) is 2. The van der Waals surface area contributed by atoms with E-state index in [4.69, 9.17) is 11.6 Å². The van der Waals surface area contributed by atoms with Crippen LogP contribution in [0.15, 0.2) is 18.2 Å². The molecule has 0 aromatic heterocycles. The standard InChI is InChI=1S/C11H14ClNO.C2H6/c1-8-5-9(3-4-11(8)12)6-10(7-14)13-2;1-2/h3-5,7,10,13H,6H2,1-2H3;1-2H3. The number of aryl methyl sites for hydroxylation is 1. The SMILES string of the molecule is CC.CNC(C=O)Cc1ccc(Cl)c(C)c1. The highest BCUT2D eigenvalue weighted by Crippen LogP contribution is 2.16. The monoisotopic (exact) mass is 241 g/mol. The van der Waals surface area contributed by atoms with Gasteiger partial charge in [0.2, 0.25) is 0 Å². The van der Waals surface area contributed by atoms with Crippen LogP contribution in [0.4, 0.5) is 0 Å². The predicted octanol–water partition coefficient (Wildman–Crippen LogP) is 3.00. The zero-order valence-electron chi connectivity index (χ0n) is 10.4. The minimum atomic E-state index is -0.115. The van der Waals surface area contributed by atoms with Gasteiger partial charge < -0.3 is 10.1 Å². The summed E-state index contributed by atoms with van der Waals surface area (Å²) in [5, 5.41) is 3.70. The number of aldehydes is 1. The zero-order valence-corrected chi connectivity index (χ0v) is 11.1. The summed E-state index contributed by atoms with van der Waals surface area (Å²) in [7, 11) is 1.78. The average Bonchev–Trinajstić information content (AvgIpc) is 2.33. The van der Waals surface area contributed by atoms with Gasteiger partial charge in [-0.1, -0.05) is 37.6 Å². The molecule has 2 nitrogen and oxygen atoms in total. The van der Waals surface area contributed by atoms with Crippen molar-refractivity contribution in [1.29, 1.82) is 0 Å². The van der Waals surface area contributed by atoms with E-state index in [1.54, 1.807) is 7.05 Å². The summed E-state index contributed by atoms with van der Waals surface area (Å²) in [5.74, 6) is 0. The molecule has 0 aliphatic heterocycles. The number of nitrogens with one attached hydrogen (secondary N) is 1. The van der Waals surface area contributed by atoms with Crippen molar-refractivity contribution in [2.75, 3.05) is 7.05 Å². The minimum absolute atomic E-state index is 0.115. The summed E-state index contributed by atoms with van der Waals surface area (Å²) in [4.78, 5) is 10.6. The van der Waals surface area contributed by atoms with E-state index in [9.17, 15) is 4.79 Å². The molecule has 0 heterocycles. The molecule has 1 N–H and O–H groups in total. The summed E-state index contributed by atoms with van der Waals surface area (Å²) < 4.78 is 0. The summed E-state index contributed by atoms with van der Waals surface area (Å²) in [6.07, 6.45) is 1.63. The molecular weight excluding hydrogens is 222 g/mol. The van der Waals surface area contributed by atoms with Crippen LogP contribution in [0.2, 0.25) is 5.02 Å². The fourth-order valence-corrected chi connectivity index (χ4v) is 1.42. The van der Waals surface area contributed by atoms with Crippen molar-refractivity contribution in [3.63, 3.8) is 0 Å². The lowest BCUT2D eigenvalue weighted by Gasteiger charge is -2.09.